The summed E-state index contributed by atoms with van der Waals surface area (Å²) >= 11 is 0. The monoisotopic (exact) mass is 500 g/mol. The zero-order valence-electron chi connectivity index (χ0n) is 20.2. The molecule has 4 rings (SSSR count). The minimum absolute atomic E-state index is 0.147. The SMILES string of the molecule is CCN(c1ccccc1)S(=O)(=O)c1ccc(NC(=O)C(C)Oc2ccc(-c3ccccc3)cc2)cc1. The maximum Gasteiger partial charge on any atom is 0.265 e. The Balaban J connectivity index is 1.39. The van der Waals surface area contributed by atoms with Crippen molar-refractivity contribution in [2.75, 3.05) is 16.2 Å². The summed E-state index contributed by atoms with van der Waals surface area (Å²) in [5.74, 6) is 0.247. The molecule has 0 radical (unpaired) electrons. The van der Waals surface area contributed by atoms with Gasteiger partial charge in [-0.15, -0.1) is 0 Å². The quantitative estimate of drug-likeness (QED) is 0.307. The van der Waals surface area contributed by atoms with E-state index < -0.39 is 16.1 Å². The summed E-state index contributed by atoms with van der Waals surface area (Å²) in [7, 11) is -3.73. The molecular weight excluding hydrogens is 472 g/mol. The number of nitrogens with zero attached hydrogens (tertiary/aromatic N) is 1. The predicted octanol–water partition coefficient (Wildman–Crippen LogP) is 5.97. The largest absolute Gasteiger partial charge is 0.481 e. The van der Waals surface area contributed by atoms with E-state index in [4.69, 9.17) is 4.74 Å². The Labute approximate surface area is 212 Å². The number of sulfonamides is 1. The summed E-state index contributed by atoms with van der Waals surface area (Å²) in [6.45, 7) is 3.75. The first-order valence-corrected chi connectivity index (χ1v) is 13.1. The van der Waals surface area contributed by atoms with E-state index in [0.29, 0.717) is 23.7 Å². The first kappa shape index (κ1) is 25.0. The molecule has 0 aliphatic carbocycles. The van der Waals surface area contributed by atoms with Crippen molar-refractivity contribution in [2.24, 2.45) is 0 Å². The Morgan fingerprint density at radius 1 is 0.806 bits per heavy atom. The number of hydrogen-bond acceptors (Lipinski definition) is 4. The molecule has 36 heavy (non-hydrogen) atoms. The second-order valence-electron chi connectivity index (χ2n) is 8.17. The van der Waals surface area contributed by atoms with Gasteiger partial charge >= 0.3 is 0 Å². The van der Waals surface area contributed by atoms with Crippen LogP contribution in [0.2, 0.25) is 0 Å². The highest BCUT2D eigenvalue weighted by Crippen LogP contribution is 2.25. The van der Waals surface area contributed by atoms with E-state index in [0.717, 1.165) is 11.1 Å². The number of carbonyl (C=O) groups excluding carboxylic acids is 1. The molecule has 0 spiro atoms. The zero-order chi connectivity index (χ0) is 25.5. The number of carbonyl (C=O) groups is 1. The van der Waals surface area contributed by atoms with E-state index in [1.165, 1.54) is 16.4 Å². The van der Waals surface area contributed by atoms with Gasteiger partial charge in [0.25, 0.3) is 15.9 Å². The van der Waals surface area contributed by atoms with Crippen LogP contribution in [0.4, 0.5) is 11.4 Å². The number of para-hydroxylation sites is 1. The third kappa shape index (κ3) is 5.75. The number of nitrogens with one attached hydrogen (secondary N) is 1. The minimum atomic E-state index is -3.73. The number of ether oxygens (including phenoxy) is 1. The van der Waals surface area contributed by atoms with Gasteiger partial charge in [0.05, 0.1) is 10.6 Å². The molecule has 0 aliphatic rings. The van der Waals surface area contributed by atoms with Crippen LogP contribution in [0.3, 0.4) is 0 Å². The first-order valence-electron chi connectivity index (χ1n) is 11.7. The lowest BCUT2D eigenvalue weighted by Gasteiger charge is -2.23. The van der Waals surface area contributed by atoms with Gasteiger partial charge in [-0.25, -0.2) is 8.42 Å². The van der Waals surface area contributed by atoms with Crippen molar-refractivity contribution >= 4 is 27.3 Å². The number of anilines is 2. The summed E-state index contributed by atoms with van der Waals surface area (Å²) in [5.41, 5.74) is 3.24. The smallest absolute Gasteiger partial charge is 0.265 e. The maximum absolute atomic E-state index is 13.1. The van der Waals surface area contributed by atoms with Crippen molar-refractivity contribution in [1.29, 1.82) is 0 Å². The van der Waals surface area contributed by atoms with E-state index in [9.17, 15) is 13.2 Å². The van der Waals surface area contributed by atoms with Gasteiger partial charge in [-0.2, -0.15) is 0 Å². The molecular formula is C29H28N2O4S. The van der Waals surface area contributed by atoms with E-state index >= 15 is 0 Å². The van der Waals surface area contributed by atoms with E-state index in [2.05, 4.69) is 5.32 Å². The highest BCUT2D eigenvalue weighted by Gasteiger charge is 2.23. The molecule has 1 amide bonds. The molecule has 184 valence electrons. The number of hydrogen-bond donors (Lipinski definition) is 1. The topological polar surface area (TPSA) is 75.7 Å². The van der Waals surface area contributed by atoms with Crippen LogP contribution in [0.15, 0.2) is 114 Å². The summed E-state index contributed by atoms with van der Waals surface area (Å²) in [6, 6.07) is 32.6. The fourth-order valence-corrected chi connectivity index (χ4v) is 5.25. The fourth-order valence-electron chi connectivity index (χ4n) is 3.78. The second kappa shape index (κ2) is 11.1. The molecule has 7 heteroatoms. The van der Waals surface area contributed by atoms with E-state index in [-0.39, 0.29) is 10.8 Å². The number of benzene rings is 4. The van der Waals surface area contributed by atoms with Crippen LogP contribution in [0.1, 0.15) is 13.8 Å². The van der Waals surface area contributed by atoms with Gasteiger partial charge in [0.15, 0.2) is 6.10 Å². The molecule has 1 N–H and O–H groups in total. The van der Waals surface area contributed by atoms with E-state index in [1.807, 2.05) is 60.7 Å². The minimum Gasteiger partial charge on any atom is -0.481 e. The lowest BCUT2D eigenvalue weighted by atomic mass is 10.1. The molecule has 4 aromatic rings. The average Bonchev–Trinajstić information content (AvgIpc) is 2.91. The third-order valence-electron chi connectivity index (χ3n) is 5.68. The van der Waals surface area contributed by atoms with Crippen LogP contribution in [0.25, 0.3) is 11.1 Å². The normalized spacial score (nSPS) is 11.9. The average molecular weight is 501 g/mol. The van der Waals surface area contributed by atoms with Crippen LogP contribution < -0.4 is 14.4 Å². The summed E-state index contributed by atoms with van der Waals surface area (Å²) in [4.78, 5) is 12.8. The van der Waals surface area contributed by atoms with Crippen LogP contribution in [-0.2, 0) is 14.8 Å². The van der Waals surface area contributed by atoms with Gasteiger partial charge in [-0.3, -0.25) is 9.10 Å². The first-order chi connectivity index (χ1) is 17.4. The molecule has 0 aliphatic heterocycles. The van der Waals surface area contributed by atoms with Crippen LogP contribution in [0.5, 0.6) is 5.75 Å². The Hall–Kier alpha value is -4.10. The second-order valence-corrected chi connectivity index (χ2v) is 10.0. The molecule has 0 saturated carbocycles. The van der Waals surface area contributed by atoms with Gasteiger partial charge in [0.1, 0.15) is 5.75 Å². The molecule has 4 aromatic carbocycles. The Bertz CT molecular complexity index is 1390. The van der Waals surface area contributed by atoms with Gasteiger partial charge in [0, 0.05) is 12.2 Å². The Kier molecular flexibility index (Phi) is 7.71. The third-order valence-corrected chi connectivity index (χ3v) is 7.60. The summed E-state index contributed by atoms with van der Waals surface area (Å²) in [5, 5.41) is 2.78. The van der Waals surface area contributed by atoms with Gasteiger partial charge in [0.2, 0.25) is 0 Å². The van der Waals surface area contributed by atoms with Crippen molar-refractivity contribution in [3.63, 3.8) is 0 Å². The molecule has 0 bridgehead atoms. The van der Waals surface area contributed by atoms with Crippen molar-refractivity contribution in [3.05, 3.63) is 109 Å². The van der Waals surface area contributed by atoms with Crippen molar-refractivity contribution in [2.45, 2.75) is 24.8 Å². The van der Waals surface area contributed by atoms with Gasteiger partial charge in [-0.05, 0) is 73.5 Å². The van der Waals surface area contributed by atoms with Crippen LogP contribution >= 0.6 is 0 Å². The fraction of sp³-hybridized carbons (Fsp3) is 0.138. The van der Waals surface area contributed by atoms with Crippen molar-refractivity contribution < 1.29 is 17.9 Å². The molecule has 1 unspecified atom stereocenters. The predicted molar refractivity (Wildman–Crippen MR) is 144 cm³/mol. The highest BCUT2D eigenvalue weighted by molar-refractivity contribution is 7.92. The zero-order valence-corrected chi connectivity index (χ0v) is 21.0. The van der Waals surface area contributed by atoms with Gasteiger partial charge in [-0.1, -0.05) is 60.7 Å². The molecule has 6 nitrogen and oxygen atoms in total. The lowest BCUT2D eigenvalue weighted by molar-refractivity contribution is -0.122. The lowest BCUT2D eigenvalue weighted by Crippen LogP contribution is -2.31. The molecule has 0 heterocycles. The van der Waals surface area contributed by atoms with Crippen molar-refractivity contribution in [3.8, 4) is 16.9 Å². The molecule has 0 fully saturated rings. The van der Waals surface area contributed by atoms with Crippen LogP contribution in [0, 0.1) is 0 Å². The van der Waals surface area contributed by atoms with Crippen LogP contribution in [-0.4, -0.2) is 27.0 Å². The number of amides is 1. The number of rotatable bonds is 9. The Morgan fingerprint density at radius 3 is 1.94 bits per heavy atom. The highest BCUT2D eigenvalue weighted by atomic mass is 32.2. The van der Waals surface area contributed by atoms with Gasteiger partial charge < -0.3 is 10.1 Å². The Morgan fingerprint density at radius 2 is 1.36 bits per heavy atom. The van der Waals surface area contributed by atoms with Crippen molar-refractivity contribution in [1.82, 2.24) is 0 Å². The summed E-state index contributed by atoms with van der Waals surface area (Å²) < 4.78 is 33.4. The van der Waals surface area contributed by atoms with E-state index in [1.54, 1.807) is 50.2 Å². The maximum atomic E-state index is 13.1. The molecule has 1 atom stereocenters. The molecule has 0 aromatic heterocycles. The standard InChI is InChI=1S/C29H28N2O4S/c1-3-31(26-12-8-5-9-13-26)36(33,34)28-20-16-25(17-21-28)30-29(32)22(2)35-27-18-14-24(15-19-27)23-10-6-4-7-11-23/h4-22H,3H2,1-2H3,(H,30,32). The summed E-state index contributed by atoms with van der Waals surface area (Å²) in [6.07, 6.45) is -0.746. The molecule has 0 saturated heterocycles.